The van der Waals surface area contributed by atoms with Gasteiger partial charge in [-0.05, 0) is 55.4 Å². The van der Waals surface area contributed by atoms with Crippen LogP contribution in [0.2, 0.25) is 5.02 Å². The molecule has 1 aromatic rings. The molecule has 0 saturated heterocycles. The highest BCUT2D eigenvalue weighted by Gasteiger charge is 2.31. The highest BCUT2D eigenvalue weighted by molar-refractivity contribution is 6.31. The van der Waals surface area contributed by atoms with Gasteiger partial charge >= 0.3 is 6.36 Å². The van der Waals surface area contributed by atoms with Gasteiger partial charge < -0.3 is 9.84 Å². The fourth-order valence-corrected chi connectivity index (χ4v) is 2.69. The van der Waals surface area contributed by atoms with E-state index in [0.717, 1.165) is 12.8 Å². The molecular weight excluding hydrogens is 281 g/mol. The van der Waals surface area contributed by atoms with E-state index in [9.17, 15) is 18.3 Å². The van der Waals surface area contributed by atoms with Crippen LogP contribution in [0.25, 0.3) is 0 Å². The first kappa shape index (κ1) is 14.5. The van der Waals surface area contributed by atoms with Crippen molar-refractivity contribution in [1.82, 2.24) is 0 Å². The van der Waals surface area contributed by atoms with Crippen LogP contribution in [0.3, 0.4) is 0 Å². The lowest BCUT2D eigenvalue weighted by molar-refractivity contribution is -0.274. The van der Waals surface area contributed by atoms with E-state index >= 15 is 0 Å². The Morgan fingerprint density at radius 1 is 1.16 bits per heavy atom. The summed E-state index contributed by atoms with van der Waals surface area (Å²) in [7, 11) is 0. The van der Waals surface area contributed by atoms with Crippen LogP contribution in [0, 0.1) is 0 Å². The van der Waals surface area contributed by atoms with Crippen LogP contribution in [-0.2, 0) is 0 Å². The van der Waals surface area contributed by atoms with Gasteiger partial charge in [-0.3, -0.25) is 0 Å². The number of aliphatic hydroxyl groups excluding tert-OH is 1. The topological polar surface area (TPSA) is 29.5 Å². The fourth-order valence-electron chi connectivity index (χ4n) is 2.42. The van der Waals surface area contributed by atoms with Gasteiger partial charge in [-0.25, -0.2) is 0 Å². The third-order valence-corrected chi connectivity index (χ3v) is 3.68. The molecule has 19 heavy (non-hydrogen) atoms. The van der Waals surface area contributed by atoms with Crippen molar-refractivity contribution in [3.63, 3.8) is 0 Å². The molecule has 0 unspecified atom stereocenters. The molecule has 0 heterocycles. The maximum absolute atomic E-state index is 12.2. The number of hydrogen-bond donors (Lipinski definition) is 1. The molecule has 0 atom stereocenters. The van der Waals surface area contributed by atoms with Crippen molar-refractivity contribution in [3.05, 3.63) is 28.8 Å². The average molecular weight is 295 g/mol. The number of alkyl halides is 3. The Bertz CT molecular complexity index is 440. The Morgan fingerprint density at radius 3 is 2.37 bits per heavy atom. The number of halogens is 4. The SMILES string of the molecule is O[C@H]1CC[C@H](c2cc(OC(F)(F)F)ccc2Cl)CC1. The largest absolute Gasteiger partial charge is 0.573 e. The van der Waals surface area contributed by atoms with Crippen LogP contribution in [0.15, 0.2) is 18.2 Å². The molecule has 0 aliphatic heterocycles. The standard InChI is InChI=1S/C13H14ClF3O2/c14-12-6-5-10(19-13(15,16)17)7-11(12)8-1-3-9(18)4-2-8/h5-9,18H,1-4H2/t8-,9-. The van der Waals surface area contributed by atoms with Crippen LogP contribution < -0.4 is 4.74 Å². The number of rotatable bonds is 2. The van der Waals surface area contributed by atoms with Crippen LogP contribution >= 0.6 is 11.6 Å². The molecule has 1 N–H and O–H groups in total. The summed E-state index contributed by atoms with van der Waals surface area (Å²) in [5.41, 5.74) is 0.662. The second-order valence-electron chi connectivity index (χ2n) is 4.74. The monoisotopic (exact) mass is 294 g/mol. The van der Waals surface area contributed by atoms with Gasteiger partial charge in [0.1, 0.15) is 5.75 Å². The van der Waals surface area contributed by atoms with E-state index in [1.54, 1.807) is 0 Å². The minimum Gasteiger partial charge on any atom is -0.406 e. The van der Waals surface area contributed by atoms with Crippen molar-refractivity contribution < 1.29 is 23.0 Å². The number of ether oxygens (including phenoxy) is 1. The number of aliphatic hydroxyl groups is 1. The van der Waals surface area contributed by atoms with E-state index < -0.39 is 6.36 Å². The predicted octanol–water partition coefficient (Wildman–Crippen LogP) is 4.26. The van der Waals surface area contributed by atoms with Crippen LogP contribution in [0.4, 0.5) is 13.2 Å². The van der Waals surface area contributed by atoms with Crippen LogP contribution in [0.1, 0.15) is 37.2 Å². The van der Waals surface area contributed by atoms with E-state index in [0.29, 0.717) is 23.4 Å². The third kappa shape index (κ3) is 4.01. The summed E-state index contributed by atoms with van der Waals surface area (Å²) < 4.78 is 40.4. The first-order valence-electron chi connectivity index (χ1n) is 6.08. The van der Waals surface area contributed by atoms with Gasteiger partial charge in [-0.15, -0.1) is 13.2 Å². The first-order valence-corrected chi connectivity index (χ1v) is 6.46. The molecular formula is C13H14ClF3O2. The zero-order chi connectivity index (χ0) is 14.0. The predicted molar refractivity (Wildman–Crippen MR) is 65.4 cm³/mol. The lowest BCUT2D eigenvalue weighted by Gasteiger charge is -2.26. The minimum absolute atomic E-state index is 0.0766. The zero-order valence-electron chi connectivity index (χ0n) is 10.1. The van der Waals surface area contributed by atoms with Gasteiger partial charge in [-0.2, -0.15) is 0 Å². The van der Waals surface area contributed by atoms with Crippen molar-refractivity contribution in [3.8, 4) is 5.75 Å². The molecule has 0 amide bonds. The molecule has 6 heteroatoms. The number of hydrogen-bond acceptors (Lipinski definition) is 2. The lowest BCUT2D eigenvalue weighted by Crippen LogP contribution is -2.19. The molecule has 2 nitrogen and oxygen atoms in total. The molecule has 106 valence electrons. The quantitative estimate of drug-likeness (QED) is 0.883. The summed E-state index contributed by atoms with van der Waals surface area (Å²) in [6.45, 7) is 0. The molecule has 0 radical (unpaired) electrons. The third-order valence-electron chi connectivity index (χ3n) is 3.34. The first-order chi connectivity index (χ1) is 8.85. The van der Waals surface area contributed by atoms with Crippen LogP contribution in [0.5, 0.6) is 5.75 Å². The van der Waals surface area contributed by atoms with Gasteiger partial charge in [0.15, 0.2) is 0 Å². The second-order valence-corrected chi connectivity index (χ2v) is 5.14. The van der Waals surface area contributed by atoms with Gasteiger partial charge in [0.2, 0.25) is 0 Å². The Hall–Kier alpha value is -0.940. The van der Waals surface area contributed by atoms with E-state index in [4.69, 9.17) is 11.6 Å². The van der Waals surface area contributed by atoms with Crippen molar-refractivity contribution in [2.45, 2.75) is 44.1 Å². The molecule has 0 bridgehead atoms. The van der Waals surface area contributed by atoms with E-state index in [-0.39, 0.29) is 17.8 Å². The Balaban J connectivity index is 2.17. The number of benzene rings is 1. The van der Waals surface area contributed by atoms with Crippen LogP contribution in [-0.4, -0.2) is 17.6 Å². The highest BCUT2D eigenvalue weighted by atomic mass is 35.5. The smallest absolute Gasteiger partial charge is 0.406 e. The maximum atomic E-state index is 12.2. The van der Waals surface area contributed by atoms with E-state index in [2.05, 4.69) is 4.74 Å². The molecule has 1 aliphatic carbocycles. The van der Waals surface area contributed by atoms with Gasteiger partial charge in [0, 0.05) is 5.02 Å². The van der Waals surface area contributed by atoms with E-state index in [1.807, 2.05) is 0 Å². The molecule has 1 aliphatic rings. The Morgan fingerprint density at radius 2 is 1.79 bits per heavy atom. The summed E-state index contributed by atoms with van der Waals surface area (Å²) in [6.07, 6.45) is -2.29. The summed E-state index contributed by atoms with van der Waals surface area (Å²) in [5.74, 6) is -0.175. The molecule has 1 saturated carbocycles. The van der Waals surface area contributed by atoms with E-state index in [1.165, 1.54) is 18.2 Å². The molecule has 0 spiro atoms. The summed E-state index contributed by atoms with van der Waals surface area (Å²) in [6, 6.07) is 3.97. The average Bonchev–Trinajstić information content (AvgIpc) is 2.31. The van der Waals surface area contributed by atoms with Crippen molar-refractivity contribution in [2.75, 3.05) is 0 Å². The van der Waals surface area contributed by atoms with Gasteiger partial charge in [0.05, 0.1) is 6.10 Å². The van der Waals surface area contributed by atoms with Crippen molar-refractivity contribution >= 4 is 11.6 Å². The Kier molecular flexibility index (Phi) is 4.26. The lowest BCUT2D eigenvalue weighted by atomic mass is 9.83. The van der Waals surface area contributed by atoms with Gasteiger partial charge in [-0.1, -0.05) is 11.6 Å². The fraction of sp³-hybridized carbons (Fsp3) is 0.538. The Labute approximate surface area is 114 Å². The zero-order valence-corrected chi connectivity index (χ0v) is 10.8. The van der Waals surface area contributed by atoms with Crippen molar-refractivity contribution in [1.29, 1.82) is 0 Å². The summed E-state index contributed by atoms with van der Waals surface area (Å²) >= 11 is 6.04. The summed E-state index contributed by atoms with van der Waals surface area (Å²) in [5, 5.41) is 9.88. The minimum atomic E-state index is -4.70. The summed E-state index contributed by atoms with van der Waals surface area (Å²) in [4.78, 5) is 0. The molecule has 1 aromatic carbocycles. The second kappa shape index (κ2) is 5.59. The maximum Gasteiger partial charge on any atom is 0.573 e. The normalized spacial score (nSPS) is 24.3. The molecule has 1 fully saturated rings. The highest BCUT2D eigenvalue weighted by Crippen LogP contribution is 2.38. The molecule has 2 rings (SSSR count). The van der Waals surface area contributed by atoms with Crippen molar-refractivity contribution in [2.24, 2.45) is 0 Å². The van der Waals surface area contributed by atoms with Gasteiger partial charge in [0.25, 0.3) is 0 Å². The molecule has 0 aromatic heterocycles.